The van der Waals surface area contributed by atoms with Crippen LogP contribution in [0, 0.1) is 5.41 Å². The number of hydrogen-bond acceptors (Lipinski definition) is 5. The molecule has 7 rings (SSSR count). The van der Waals surface area contributed by atoms with E-state index in [1.165, 1.54) is 24.0 Å². The van der Waals surface area contributed by atoms with Crippen molar-refractivity contribution in [2.75, 3.05) is 26.2 Å². The minimum Gasteiger partial charge on any atom is -0.444 e. The van der Waals surface area contributed by atoms with Crippen molar-refractivity contribution in [2.45, 2.75) is 96.1 Å². The Bertz CT molecular complexity index is 1650. The summed E-state index contributed by atoms with van der Waals surface area (Å²) in [5, 5.41) is 0.940. The number of nitrogens with zero attached hydrogens (tertiary/aromatic N) is 4. The first-order valence-electron chi connectivity index (χ1n) is 15.9. The summed E-state index contributed by atoms with van der Waals surface area (Å²) in [7, 11) is 0. The summed E-state index contributed by atoms with van der Waals surface area (Å²) in [6.07, 6.45) is 6.83. The molecule has 4 aliphatic rings. The Morgan fingerprint density at radius 1 is 1.02 bits per heavy atom. The molecule has 1 aliphatic carbocycles. The summed E-state index contributed by atoms with van der Waals surface area (Å²) in [6.45, 7) is 14.0. The number of aromatic nitrogens is 2. The normalized spacial score (nSPS) is 22.0. The lowest BCUT2D eigenvalue weighted by Crippen LogP contribution is -2.57. The van der Waals surface area contributed by atoms with Gasteiger partial charge >= 0.3 is 6.09 Å². The fourth-order valence-corrected chi connectivity index (χ4v) is 8.47. The average molecular weight is 603 g/mol. The zero-order valence-electron chi connectivity index (χ0n) is 26.1. The fraction of sp³-hybridized carbons (Fsp3) is 0.571. The standard InChI is InChI=1S/C35H43ClN4O3/c1-33(2,3)43-32(42)39-17-13-35(14-18-39)20-24(21-35)38-15-11-22(12-16-38)23-9-10-25-28(19-23)40-27-8-6-7-26(36)29(27)30(41)37-31(40)34(25,4)5/h6-10,19,22,24H,11-18,20-21H2,1-5H3. The third-order valence-corrected chi connectivity index (χ3v) is 11.0. The van der Waals surface area contributed by atoms with E-state index in [1.54, 1.807) is 6.07 Å². The molecule has 0 atom stereocenters. The highest BCUT2D eigenvalue weighted by Crippen LogP contribution is 2.52. The van der Waals surface area contributed by atoms with E-state index < -0.39 is 5.60 Å². The molecule has 1 saturated carbocycles. The van der Waals surface area contributed by atoms with E-state index in [9.17, 15) is 9.59 Å². The van der Waals surface area contributed by atoms with Crippen molar-refractivity contribution in [3.63, 3.8) is 0 Å². The SMILES string of the molecule is CC(C)(C)OC(=O)N1CCC2(CC1)CC(N1CCC(c3ccc4c(c3)-n3c(nc(=O)c5c(Cl)cccc53)C4(C)C)CC1)C2. The number of benzene rings is 2. The predicted octanol–water partition coefficient (Wildman–Crippen LogP) is 7.04. The molecule has 1 aromatic heterocycles. The molecule has 0 radical (unpaired) electrons. The summed E-state index contributed by atoms with van der Waals surface area (Å²) >= 11 is 6.48. The first-order valence-corrected chi connectivity index (χ1v) is 16.3. The van der Waals surface area contributed by atoms with Crippen molar-refractivity contribution in [3.8, 4) is 5.69 Å². The number of rotatable bonds is 2. The molecule has 4 heterocycles. The van der Waals surface area contributed by atoms with Gasteiger partial charge in [-0.3, -0.25) is 9.36 Å². The fourth-order valence-electron chi connectivity index (χ4n) is 8.22. The molecule has 8 heteroatoms. The van der Waals surface area contributed by atoms with Crippen LogP contribution >= 0.6 is 11.6 Å². The van der Waals surface area contributed by atoms with Crippen molar-refractivity contribution < 1.29 is 9.53 Å². The number of halogens is 1. The molecular weight excluding hydrogens is 560 g/mol. The van der Waals surface area contributed by atoms with Gasteiger partial charge in [0.05, 0.1) is 27.0 Å². The smallest absolute Gasteiger partial charge is 0.410 e. The Kier molecular flexibility index (Phi) is 6.75. The van der Waals surface area contributed by atoms with Crippen molar-refractivity contribution in [2.24, 2.45) is 5.41 Å². The van der Waals surface area contributed by atoms with Gasteiger partial charge in [0, 0.05) is 19.1 Å². The number of hydrogen-bond donors (Lipinski definition) is 0. The van der Waals surface area contributed by atoms with E-state index in [4.69, 9.17) is 16.3 Å². The summed E-state index contributed by atoms with van der Waals surface area (Å²) in [5.41, 5.74) is 3.86. The molecule has 228 valence electrons. The second-order valence-electron chi connectivity index (χ2n) is 15.0. The Balaban J connectivity index is 1.02. The van der Waals surface area contributed by atoms with Gasteiger partial charge in [-0.15, -0.1) is 0 Å². The molecule has 1 spiro atoms. The Labute approximate surface area is 259 Å². The van der Waals surface area contributed by atoms with E-state index in [1.807, 2.05) is 37.8 Å². The van der Waals surface area contributed by atoms with Gasteiger partial charge in [-0.25, -0.2) is 4.79 Å². The van der Waals surface area contributed by atoms with Crippen LogP contribution in [0.2, 0.25) is 5.02 Å². The van der Waals surface area contributed by atoms with Crippen LogP contribution in [0.1, 0.15) is 96.0 Å². The van der Waals surface area contributed by atoms with Gasteiger partial charge in [-0.1, -0.05) is 29.8 Å². The highest BCUT2D eigenvalue weighted by atomic mass is 35.5. The van der Waals surface area contributed by atoms with E-state index in [2.05, 4.69) is 46.5 Å². The highest BCUT2D eigenvalue weighted by Gasteiger charge is 2.49. The molecule has 1 amide bonds. The van der Waals surface area contributed by atoms with Gasteiger partial charge in [0.1, 0.15) is 11.4 Å². The molecule has 43 heavy (non-hydrogen) atoms. The van der Waals surface area contributed by atoms with E-state index in [0.29, 0.717) is 27.8 Å². The van der Waals surface area contributed by atoms with Crippen LogP contribution in [0.25, 0.3) is 16.6 Å². The second kappa shape index (κ2) is 10.1. The van der Waals surface area contributed by atoms with E-state index in [0.717, 1.165) is 68.9 Å². The summed E-state index contributed by atoms with van der Waals surface area (Å²) in [4.78, 5) is 34.7. The topological polar surface area (TPSA) is 67.7 Å². The van der Waals surface area contributed by atoms with Gasteiger partial charge in [0.2, 0.25) is 0 Å². The highest BCUT2D eigenvalue weighted by molar-refractivity contribution is 6.35. The number of likely N-dealkylation sites (tertiary alicyclic amines) is 2. The lowest BCUT2D eigenvalue weighted by molar-refractivity contribution is -0.0530. The number of fused-ring (bicyclic) bond motifs is 5. The minimum absolute atomic E-state index is 0.166. The third-order valence-electron chi connectivity index (χ3n) is 10.7. The van der Waals surface area contributed by atoms with E-state index >= 15 is 0 Å². The van der Waals surface area contributed by atoms with Crippen molar-refractivity contribution in [1.82, 2.24) is 19.4 Å². The first kappa shape index (κ1) is 28.8. The van der Waals surface area contributed by atoms with E-state index in [-0.39, 0.29) is 17.1 Å². The second-order valence-corrected chi connectivity index (χ2v) is 15.4. The minimum atomic E-state index is -0.443. The van der Waals surface area contributed by atoms with Crippen LogP contribution in [-0.4, -0.2) is 63.3 Å². The monoisotopic (exact) mass is 602 g/mol. The molecule has 0 N–H and O–H groups in total. The van der Waals surface area contributed by atoms with Crippen LogP contribution in [0.5, 0.6) is 0 Å². The average Bonchev–Trinajstić information content (AvgIpc) is 3.17. The largest absolute Gasteiger partial charge is 0.444 e. The molecule has 3 aliphatic heterocycles. The first-order chi connectivity index (χ1) is 20.4. The number of carbonyl (C=O) groups excluding carboxylic acids is 1. The molecular formula is C35H43ClN4O3. The van der Waals surface area contributed by atoms with Gasteiger partial charge in [-0.05, 0) is 127 Å². The molecule has 7 nitrogen and oxygen atoms in total. The van der Waals surface area contributed by atoms with Gasteiger partial charge < -0.3 is 14.5 Å². The quantitative estimate of drug-likeness (QED) is 0.315. The molecule has 2 aromatic carbocycles. The number of ether oxygens (including phenoxy) is 1. The number of carbonyl (C=O) groups is 1. The van der Waals surface area contributed by atoms with Crippen molar-refractivity contribution in [1.29, 1.82) is 0 Å². The summed E-state index contributed by atoms with van der Waals surface area (Å²) in [5.74, 6) is 1.30. The zero-order chi connectivity index (χ0) is 30.3. The Hall–Kier alpha value is -2.90. The molecule has 0 unspecified atom stereocenters. The van der Waals surface area contributed by atoms with Gasteiger partial charge in [0.15, 0.2) is 0 Å². The molecule has 0 bridgehead atoms. The number of piperidine rings is 2. The summed E-state index contributed by atoms with van der Waals surface area (Å²) < 4.78 is 7.76. The third kappa shape index (κ3) is 4.87. The lowest BCUT2D eigenvalue weighted by Gasteiger charge is -2.56. The van der Waals surface area contributed by atoms with Crippen molar-refractivity contribution in [3.05, 3.63) is 68.7 Å². The zero-order valence-corrected chi connectivity index (χ0v) is 26.8. The predicted molar refractivity (Wildman–Crippen MR) is 171 cm³/mol. The Morgan fingerprint density at radius 2 is 1.72 bits per heavy atom. The van der Waals surface area contributed by atoms with Crippen LogP contribution in [0.4, 0.5) is 4.79 Å². The van der Waals surface area contributed by atoms with Gasteiger partial charge in [-0.2, -0.15) is 4.98 Å². The van der Waals surface area contributed by atoms with Crippen molar-refractivity contribution >= 4 is 28.6 Å². The maximum absolute atomic E-state index is 13.0. The molecule has 3 aromatic rings. The Morgan fingerprint density at radius 3 is 2.40 bits per heavy atom. The summed E-state index contributed by atoms with van der Waals surface area (Å²) in [6, 6.07) is 13.2. The lowest BCUT2D eigenvalue weighted by atomic mass is 9.59. The van der Waals surface area contributed by atoms with Crippen LogP contribution in [0.3, 0.4) is 0 Å². The maximum atomic E-state index is 13.0. The molecule has 3 fully saturated rings. The van der Waals surface area contributed by atoms with Crippen LogP contribution < -0.4 is 5.56 Å². The van der Waals surface area contributed by atoms with Crippen LogP contribution in [-0.2, 0) is 10.2 Å². The maximum Gasteiger partial charge on any atom is 0.410 e. The molecule has 2 saturated heterocycles. The van der Waals surface area contributed by atoms with Crippen LogP contribution in [0.15, 0.2) is 41.2 Å². The van der Waals surface area contributed by atoms with Gasteiger partial charge in [0.25, 0.3) is 5.56 Å². The number of amides is 1.